The highest BCUT2D eigenvalue weighted by Crippen LogP contribution is 2.06. The van der Waals surface area contributed by atoms with E-state index in [1.54, 1.807) is 6.07 Å². The van der Waals surface area contributed by atoms with Crippen molar-refractivity contribution < 1.29 is 9.18 Å². The number of nitrogens with zero attached hydrogens (tertiary/aromatic N) is 1. The zero-order valence-electron chi connectivity index (χ0n) is 9.67. The third kappa shape index (κ3) is 4.72. The van der Waals surface area contributed by atoms with E-state index in [0.29, 0.717) is 5.69 Å². The monoisotopic (exact) mass is 225 g/mol. The molecule has 0 saturated carbocycles. The van der Waals surface area contributed by atoms with Gasteiger partial charge in [-0.3, -0.25) is 4.79 Å². The van der Waals surface area contributed by atoms with Gasteiger partial charge >= 0.3 is 0 Å². The summed E-state index contributed by atoms with van der Waals surface area (Å²) < 4.78 is 12.7. The van der Waals surface area contributed by atoms with Crippen molar-refractivity contribution in [3.05, 3.63) is 24.3 Å². The van der Waals surface area contributed by atoms with E-state index in [1.807, 2.05) is 20.8 Å². The predicted octanol–water partition coefficient (Wildman–Crippen LogP) is 1.55. The molecule has 88 valence electrons. The summed E-state index contributed by atoms with van der Waals surface area (Å²) in [6, 6.07) is 2.85. The summed E-state index contributed by atoms with van der Waals surface area (Å²) in [5.41, 5.74) is 0.277. The van der Waals surface area contributed by atoms with Crippen LogP contribution in [0.2, 0.25) is 0 Å². The fraction of sp³-hybridized carbons (Fsp3) is 0.455. The second-order valence-corrected chi connectivity index (χ2v) is 4.52. The van der Waals surface area contributed by atoms with Crippen molar-refractivity contribution in [1.82, 2.24) is 10.3 Å². The first-order chi connectivity index (χ1) is 7.37. The van der Waals surface area contributed by atoms with Crippen LogP contribution in [0.1, 0.15) is 20.8 Å². The van der Waals surface area contributed by atoms with Gasteiger partial charge in [-0.25, -0.2) is 4.98 Å². The molecule has 5 heteroatoms. The van der Waals surface area contributed by atoms with Crippen LogP contribution < -0.4 is 10.6 Å². The largest absolute Gasteiger partial charge is 0.376 e. The molecule has 0 bridgehead atoms. The van der Waals surface area contributed by atoms with Crippen molar-refractivity contribution in [2.75, 3.05) is 11.9 Å². The summed E-state index contributed by atoms with van der Waals surface area (Å²) in [6.07, 6.45) is 1.35. The lowest BCUT2D eigenvalue weighted by Gasteiger charge is -2.20. The predicted molar refractivity (Wildman–Crippen MR) is 60.6 cm³/mol. The molecule has 4 nitrogen and oxygen atoms in total. The topological polar surface area (TPSA) is 54.0 Å². The van der Waals surface area contributed by atoms with Crippen LogP contribution in [0.4, 0.5) is 10.1 Å². The van der Waals surface area contributed by atoms with Gasteiger partial charge in [0.25, 0.3) is 0 Å². The van der Waals surface area contributed by atoms with Gasteiger partial charge < -0.3 is 10.6 Å². The molecule has 0 unspecified atom stereocenters. The fourth-order valence-corrected chi connectivity index (χ4v) is 1.16. The quantitative estimate of drug-likeness (QED) is 0.767. The molecule has 1 amide bonds. The third-order valence-corrected chi connectivity index (χ3v) is 1.69. The average Bonchev–Trinajstić information content (AvgIpc) is 2.12. The van der Waals surface area contributed by atoms with E-state index in [2.05, 4.69) is 15.6 Å². The maximum absolute atomic E-state index is 12.7. The minimum atomic E-state index is -0.568. The van der Waals surface area contributed by atoms with E-state index in [4.69, 9.17) is 0 Å². The average molecular weight is 225 g/mol. The van der Waals surface area contributed by atoms with Crippen molar-refractivity contribution in [3.8, 4) is 0 Å². The molecule has 0 radical (unpaired) electrons. The Labute approximate surface area is 94.3 Å². The molecule has 0 saturated heterocycles. The highest BCUT2D eigenvalue weighted by molar-refractivity contribution is 5.81. The highest BCUT2D eigenvalue weighted by atomic mass is 19.1. The molecular weight excluding hydrogens is 209 g/mol. The van der Waals surface area contributed by atoms with Crippen LogP contribution in [0.25, 0.3) is 0 Å². The third-order valence-electron chi connectivity index (χ3n) is 1.69. The van der Waals surface area contributed by atoms with E-state index < -0.39 is 5.95 Å². The number of nitrogens with one attached hydrogen (secondary N) is 2. The zero-order valence-corrected chi connectivity index (χ0v) is 9.67. The molecule has 0 aliphatic heterocycles. The minimum Gasteiger partial charge on any atom is -0.376 e. The van der Waals surface area contributed by atoms with Crippen LogP contribution in [0.3, 0.4) is 0 Å². The molecule has 16 heavy (non-hydrogen) atoms. The van der Waals surface area contributed by atoms with Gasteiger partial charge in [0, 0.05) is 23.5 Å². The Morgan fingerprint density at radius 3 is 2.75 bits per heavy atom. The Hall–Kier alpha value is -1.65. The molecule has 0 spiro atoms. The molecule has 0 aromatic carbocycles. The van der Waals surface area contributed by atoms with Gasteiger partial charge in [-0.1, -0.05) is 0 Å². The molecule has 0 aliphatic rings. The van der Waals surface area contributed by atoms with Crippen molar-refractivity contribution in [2.45, 2.75) is 26.3 Å². The van der Waals surface area contributed by atoms with E-state index in [9.17, 15) is 9.18 Å². The fourth-order valence-electron chi connectivity index (χ4n) is 1.16. The number of carbonyl (C=O) groups is 1. The standard InChI is InChI=1S/C11H16FN3O/c1-11(2,3)15-10(16)7-14-8-4-5-13-9(12)6-8/h4-6H,7H2,1-3H3,(H,13,14)(H,15,16). The first-order valence-electron chi connectivity index (χ1n) is 5.03. The molecule has 0 atom stereocenters. The molecule has 1 aromatic heterocycles. The zero-order chi connectivity index (χ0) is 12.2. The number of amides is 1. The van der Waals surface area contributed by atoms with Gasteiger partial charge in [0.1, 0.15) is 0 Å². The van der Waals surface area contributed by atoms with Gasteiger partial charge in [-0.15, -0.1) is 0 Å². The Kier molecular flexibility index (Phi) is 3.82. The molecule has 1 heterocycles. The number of pyridine rings is 1. The van der Waals surface area contributed by atoms with Gasteiger partial charge in [-0.2, -0.15) is 4.39 Å². The summed E-state index contributed by atoms with van der Waals surface area (Å²) in [4.78, 5) is 14.9. The lowest BCUT2D eigenvalue weighted by Crippen LogP contribution is -2.43. The van der Waals surface area contributed by atoms with Crippen LogP contribution >= 0.6 is 0 Å². The van der Waals surface area contributed by atoms with Crippen molar-refractivity contribution >= 4 is 11.6 Å². The van der Waals surface area contributed by atoms with Gasteiger partial charge in [-0.05, 0) is 26.8 Å². The number of halogens is 1. The molecule has 1 rings (SSSR count). The SMILES string of the molecule is CC(C)(C)NC(=O)CNc1ccnc(F)c1. The molecule has 2 N–H and O–H groups in total. The first-order valence-corrected chi connectivity index (χ1v) is 5.03. The van der Waals surface area contributed by atoms with Gasteiger partial charge in [0.15, 0.2) is 0 Å². The molecular formula is C11H16FN3O. The van der Waals surface area contributed by atoms with E-state index in [1.165, 1.54) is 12.3 Å². The Morgan fingerprint density at radius 2 is 2.19 bits per heavy atom. The summed E-state index contributed by atoms with van der Waals surface area (Å²) in [6.45, 7) is 5.81. The van der Waals surface area contributed by atoms with Crippen LogP contribution in [-0.4, -0.2) is 23.0 Å². The maximum atomic E-state index is 12.7. The summed E-state index contributed by atoms with van der Waals surface area (Å²) in [5, 5.41) is 5.61. The summed E-state index contributed by atoms with van der Waals surface area (Å²) in [7, 11) is 0. The second kappa shape index (κ2) is 4.92. The normalized spacial score (nSPS) is 11.0. The summed E-state index contributed by atoms with van der Waals surface area (Å²) >= 11 is 0. The second-order valence-electron chi connectivity index (χ2n) is 4.52. The first kappa shape index (κ1) is 12.4. The van der Waals surface area contributed by atoms with E-state index in [0.717, 1.165) is 0 Å². The number of aromatic nitrogens is 1. The van der Waals surface area contributed by atoms with Crippen LogP contribution in [-0.2, 0) is 4.79 Å². The molecule has 1 aromatic rings. The van der Waals surface area contributed by atoms with Gasteiger partial charge in [0.2, 0.25) is 11.9 Å². The van der Waals surface area contributed by atoms with Crippen molar-refractivity contribution in [3.63, 3.8) is 0 Å². The lowest BCUT2D eigenvalue weighted by atomic mass is 10.1. The number of rotatable bonds is 3. The van der Waals surface area contributed by atoms with Crippen LogP contribution in [0.15, 0.2) is 18.3 Å². The minimum absolute atomic E-state index is 0.112. The number of hydrogen-bond donors (Lipinski definition) is 2. The Morgan fingerprint density at radius 1 is 1.50 bits per heavy atom. The van der Waals surface area contributed by atoms with Crippen LogP contribution in [0.5, 0.6) is 0 Å². The lowest BCUT2D eigenvalue weighted by molar-refractivity contribution is -0.120. The van der Waals surface area contributed by atoms with Crippen molar-refractivity contribution in [1.29, 1.82) is 0 Å². The Bertz CT molecular complexity index is 374. The Balaban J connectivity index is 2.43. The smallest absolute Gasteiger partial charge is 0.239 e. The van der Waals surface area contributed by atoms with Crippen LogP contribution in [0, 0.1) is 5.95 Å². The van der Waals surface area contributed by atoms with Gasteiger partial charge in [0.05, 0.1) is 6.54 Å². The van der Waals surface area contributed by atoms with E-state index >= 15 is 0 Å². The summed E-state index contributed by atoms with van der Waals surface area (Å²) in [5.74, 6) is -0.703. The number of anilines is 1. The van der Waals surface area contributed by atoms with E-state index in [-0.39, 0.29) is 18.0 Å². The highest BCUT2D eigenvalue weighted by Gasteiger charge is 2.12. The molecule has 0 fully saturated rings. The van der Waals surface area contributed by atoms with Crippen molar-refractivity contribution in [2.24, 2.45) is 0 Å². The number of hydrogen-bond acceptors (Lipinski definition) is 3. The maximum Gasteiger partial charge on any atom is 0.239 e. The molecule has 0 aliphatic carbocycles. The number of carbonyl (C=O) groups excluding carboxylic acids is 1.